The lowest BCUT2D eigenvalue weighted by Crippen LogP contribution is -2.47. The van der Waals surface area contributed by atoms with Gasteiger partial charge in [0.1, 0.15) is 0 Å². The second-order valence-corrected chi connectivity index (χ2v) is 9.66. The fourth-order valence-corrected chi connectivity index (χ4v) is 5.13. The van der Waals surface area contributed by atoms with Gasteiger partial charge in [-0.15, -0.1) is 10.2 Å². The number of carbonyl (C=O) groups excluding carboxylic acids is 2. The topological polar surface area (TPSA) is 79.5 Å². The molecule has 31 heavy (non-hydrogen) atoms. The molecule has 166 valence electrons. The molecule has 2 saturated heterocycles. The van der Waals surface area contributed by atoms with E-state index in [0.717, 1.165) is 32.4 Å². The van der Waals surface area contributed by atoms with Gasteiger partial charge in [-0.05, 0) is 43.7 Å². The van der Waals surface area contributed by atoms with Gasteiger partial charge in [0.15, 0.2) is 0 Å². The molecule has 9 heteroatoms. The van der Waals surface area contributed by atoms with E-state index in [2.05, 4.69) is 17.1 Å². The quantitative estimate of drug-likeness (QED) is 0.625. The highest BCUT2D eigenvalue weighted by Crippen LogP contribution is 2.29. The maximum atomic E-state index is 12.8. The van der Waals surface area contributed by atoms with Crippen LogP contribution in [0.1, 0.15) is 32.6 Å². The van der Waals surface area contributed by atoms with Crippen molar-refractivity contribution in [2.75, 3.05) is 31.9 Å². The zero-order valence-corrected chi connectivity index (χ0v) is 19.2. The molecule has 7 nitrogen and oxygen atoms in total. The molecule has 2 aliphatic heterocycles. The summed E-state index contributed by atoms with van der Waals surface area (Å²) in [6.45, 7) is 5.19. The Morgan fingerprint density at radius 1 is 1.13 bits per heavy atom. The van der Waals surface area contributed by atoms with Crippen molar-refractivity contribution in [2.45, 2.75) is 37.8 Å². The van der Waals surface area contributed by atoms with E-state index in [9.17, 15) is 9.59 Å². The second-order valence-electron chi connectivity index (χ2n) is 8.33. The minimum absolute atomic E-state index is 0.0278. The van der Waals surface area contributed by atoms with E-state index in [0.29, 0.717) is 40.7 Å². The van der Waals surface area contributed by atoms with Crippen LogP contribution < -0.4 is 0 Å². The number of halogens is 1. The standard InChI is InChI=1S/C22H27ClN4O3S/c1-15-5-4-10-27(13-15)21(29)16-8-11-26(12-9-16)19(28)14-31-22-25-24-20(30-22)17-6-2-3-7-18(17)23/h2-3,6-7,15-16H,4-5,8-14H2,1H3. The van der Waals surface area contributed by atoms with Gasteiger partial charge >= 0.3 is 0 Å². The minimum Gasteiger partial charge on any atom is -0.411 e. The third kappa shape index (κ3) is 5.41. The number of thioether (sulfide) groups is 1. The second kappa shape index (κ2) is 10.0. The molecule has 2 aliphatic rings. The number of carbonyl (C=O) groups is 2. The molecular formula is C22H27ClN4O3S. The van der Waals surface area contributed by atoms with Crippen LogP contribution in [0.2, 0.25) is 5.02 Å². The maximum Gasteiger partial charge on any atom is 0.277 e. The lowest BCUT2D eigenvalue weighted by atomic mass is 9.93. The van der Waals surface area contributed by atoms with Gasteiger partial charge in [0, 0.05) is 32.1 Å². The van der Waals surface area contributed by atoms with Crippen LogP contribution in [0.15, 0.2) is 33.9 Å². The lowest BCUT2D eigenvalue weighted by molar-refractivity contribution is -0.141. The number of rotatable bonds is 5. The molecule has 0 N–H and O–H groups in total. The summed E-state index contributed by atoms with van der Waals surface area (Å²) in [4.78, 5) is 29.3. The highest BCUT2D eigenvalue weighted by Gasteiger charge is 2.31. The molecule has 1 aromatic heterocycles. The van der Waals surface area contributed by atoms with Crippen molar-refractivity contribution in [3.63, 3.8) is 0 Å². The van der Waals surface area contributed by atoms with Crippen molar-refractivity contribution in [1.82, 2.24) is 20.0 Å². The first kappa shape index (κ1) is 22.1. The first-order valence-electron chi connectivity index (χ1n) is 10.8. The SMILES string of the molecule is CC1CCCN(C(=O)C2CCN(C(=O)CSc3nnc(-c4ccccc4Cl)o3)CC2)C1. The van der Waals surface area contributed by atoms with Gasteiger partial charge in [-0.25, -0.2) is 0 Å². The summed E-state index contributed by atoms with van der Waals surface area (Å²) in [7, 11) is 0. The highest BCUT2D eigenvalue weighted by atomic mass is 35.5. The van der Waals surface area contributed by atoms with Crippen LogP contribution in [0.3, 0.4) is 0 Å². The third-order valence-electron chi connectivity index (χ3n) is 6.00. The zero-order chi connectivity index (χ0) is 21.8. The van der Waals surface area contributed by atoms with E-state index in [1.54, 1.807) is 6.07 Å². The largest absolute Gasteiger partial charge is 0.411 e. The Morgan fingerprint density at radius 2 is 1.90 bits per heavy atom. The smallest absolute Gasteiger partial charge is 0.277 e. The normalized spacial score (nSPS) is 20.1. The van der Waals surface area contributed by atoms with Crippen molar-refractivity contribution in [3.8, 4) is 11.5 Å². The number of aromatic nitrogens is 2. The molecule has 1 atom stereocenters. The van der Waals surface area contributed by atoms with E-state index in [-0.39, 0.29) is 23.5 Å². The fraction of sp³-hybridized carbons (Fsp3) is 0.545. The van der Waals surface area contributed by atoms with E-state index in [1.165, 1.54) is 18.2 Å². The summed E-state index contributed by atoms with van der Waals surface area (Å²) in [6.07, 6.45) is 3.76. The molecule has 1 unspecified atom stereocenters. The Bertz CT molecular complexity index is 929. The van der Waals surface area contributed by atoms with Crippen molar-refractivity contribution in [1.29, 1.82) is 0 Å². The molecule has 0 spiro atoms. The fourth-order valence-electron chi connectivity index (χ4n) is 4.25. The van der Waals surface area contributed by atoms with Crippen LogP contribution in [-0.4, -0.2) is 63.7 Å². The average Bonchev–Trinajstić information content (AvgIpc) is 3.26. The number of nitrogens with zero attached hydrogens (tertiary/aromatic N) is 4. The Morgan fingerprint density at radius 3 is 2.65 bits per heavy atom. The molecule has 4 rings (SSSR count). The van der Waals surface area contributed by atoms with Crippen LogP contribution >= 0.6 is 23.4 Å². The summed E-state index contributed by atoms with van der Waals surface area (Å²) >= 11 is 7.39. The van der Waals surface area contributed by atoms with E-state index in [1.807, 2.05) is 28.0 Å². The van der Waals surface area contributed by atoms with Crippen LogP contribution in [0, 0.1) is 11.8 Å². The van der Waals surface area contributed by atoms with Crippen LogP contribution in [0.5, 0.6) is 0 Å². The van der Waals surface area contributed by atoms with Crippen LogP contribution in [0.25, 0.3) is 11.5 Å². The molecule has 3 heterocycles. The van der Waals surface area contributed by atoms with Gasteiger partial charge in [-0.1, -0.05) is 42.4 Å². The number of benzene rings is 1. The summed E-state index contributed by atoms with van der Waals surface area (Å²) in [5, 5.41) is 8.92. The highest BCUT2D eigenvalue weighted by molar-refractivity contribution is 7.99. The van der Waals surface area contributed by atoms with E-state index < -0.39 is 0 Å². The number of likely N-dealkylation sites (tertiary alicyclic amines) is 2. The number of piperidine rings is 2. The van der Waals surface area contributed by atoms with Crippen molar-refractivity contribution >= 4 is 35.2 Å². The van der Waals surface area contributed by atoms with Crippen molar-refractivity contribution in [2.24, 2.45) is 11.8 Å². The lowest BCUT2D eigenvalue weighted by Gasteiger charge is -2.37. The first-order chi connectivity index (χ1) is 15.0. The molecule has 2 aromatic rings. The molecular weight excluding hydrogens is 436 g/mol. The van der Waals surface area contributed by atoms with E-state index >= 15 is 0 Å². The summed E-state index contributed by atoms with van der Waals surface area (Å²) in [6, 6.07) is 7.26. The van der Waals surface area contributed by atoms with E-state index in [4.69, 9.17) is 16.0 Å². The Kier molecular flexibility index (Phi) is 7.17. The molecule has 0 aliphatic carbocycles. The molecule has 1 aromatic carbocycles. The predicted octanol–water partition coefficient (Wildman–Crippen LogP) is 3.98. The Hall–Kier alpha value is -2.06. The van der Waals surface area contributed by atoms with Crippen LogP contribution in [0.4, 0.5) is 0 Å². The zero-order valence-electron chi connectivity index (χ0n) is 17.6. The van der Waals surface area contributed by atoms with Gasteiger partial charge < -0.3 is 14.2 Å². The Labute approximate surface area is 191 Å². The third-order valence-corrected chi connectivity index (χ3v) is 7.13. The number of hydrogen-bond acceptors (Lipinski definition) is 6. The monoisotopic (exact) mass is 462 g/mol. The molecule has 0 bridgehead atoms. The predicted molar refractivity (Wildman–Crippen MR) is 120 cm³/mol. The van der Waals surface area contributed by atoms with Gasteiger partial charge in [-0.3, -0.25) is 9.59 Å². The summed E-state index contributed by atoms with van der Waals surface area (Å²) in [5.41, 5.74) is 0.671. The van der Waals surface area contributed by atoms with Gasteiger partial charge in [0.25, 0.3) is 5.22 Å². The molecule has 0 radical (unpaired) electrons. The first-order valence-corrected chi connectivity index (χ1v) is 12.2. The molecule has 2 fully saturated rings. The number of hydrogen-bond donors (Lipinski definition) is 0. The van der Waals surface area contributed by atoms with Gasteiger partial charge in [0.05, 0.1) is 16.3 Å². The van der Waals surface area contributed by atoms with Crippen molar-refractivity contribution in [3.05, 3.63) is 29.3 Å². The van der Waals surface area contributed by atoms with Gasteiger partial charge in [-0.2, -0.15) is 0 Å². The maximum absolute atomic E-state index is 12.8. The summed E-state index contributed by atoms with van der Waals surface area (Å²) < 4.78 is 5.65. The molecule has 2 amide bonds. The van der Waals surface area contributed by atoms with Crippen LogP contribution in [-0.2, 0) is 9.59 Å². The number of amides is 2. The Balaban J connectivity index is 1.24. The van der Waals surface area contributed by atoms with Gasteiger partial charge in [0.2, 0.25) is 17.7 Å². The average molecular weight is 463 g/mol. The molecule has 0 saturated carbocycles. The minimum atomic E-state index is 0.0278. The van der Waals surface area contributed by atoms with Crippen molar-refractivity contribution < 1.29 is 14.0 Å². The summed E-state index contributed by atoms with van der Waals surface area (Å²) in [5.74, 6) is 1.49.